The Bertz CT molecular complexity index is 1020. The normalized spacial score (nSPS) is 15.6. The summed E-state index contributed by atoms with van der Waals surface area (Å²) in [6.45, 7) is 5.73. The summed E-state index contributed by atoms with van der Waals surface area (Å²) in [6.07, 6.45) is 1.48. The molecule has 1 aromatic heterocycles. The van der Waals surface area contributed by atoms with Gasteiger partial charge in [0.05, 0.1) is 12.7 Å². The average molecular weight is 409 g/mol. The van der Waals surface area contributed by atoms with E-state index in [1.807, 2.05) is 24.3 Å². The summed E-state index contributed by atoms with van der Waals surface area (Å²) in [7, 11) is 1.40. The van der Waals surface area contributed by atoms with Crippen LogP contribution in [0.1, 0.15) is 40.0 Å². The second-order valence-electron chi connectivity index (χ2n) is 8.11. The number of aromatic nitrogens is 1. The van der Waals surface area contributed by atoms with Crippen LogP contribution >= 0.6 is 0 Å². The van der Waals surface area contributed by atoms with Gasteiger partial charge in [-0.15, -0.1) is 0 Å². The van der Waals surface area contributed by atoms with E-state index in [2.05, 4.69) is 40.7 Å². The molecule has 1 fully saturated rings. The van der Waals surface area contributed by atoms with Crippen LogP contribution in [0.5, 0.6) is 0 Å². The predicted molar refractivity (Wildman–Crippen MR) is 118 cm³/mol. The molecule has 0 spiro atoms. The van der Waals surface area contributed by atoms with Crippen molar-refractivity contribution in [2.45, 2.75) is 38.9 Å². The van der Waals surface area contributed by atoms with Crippen molar-refractivity contribution in [1.29, 1.82) is 0 Å². The Morgan fingerprint density at radius 3 is 2.47 bits per heavy atom. The van der Waals surface area contributed by atoms with Gasteiger partial charge in [-0.25, -0.2) is 9.18 Å². The van der Waals surface area contributed by atoms with E-state index < -0.39 is 6.17 Å². The molecule has 4 rings (SSSR count). The lowest BCUT2D eigenvalue weighted by Gasteiger charge is -2.28. The van der Waals surface area contributed by atoms with Crippen LogP contribution in [0, 0.1) is 6.92 Å². The molecule has 1 aliphatic heterocycles. The SMILES string of the molecule is COC(=O)c1ccc(Cc2c(C)n(CCN3CCC(F)CC3)c3ccccc23)cc1. The van der Waals surface area contributed by atoms with Crippen molar-refractivity contribution >= 4 is 16.9 Å². The summed E-state index contributed by atoms with van der Waals surface area (Å²) in [4.78, 5) is 14.1. The third-order valence-electron chi connectivity index (χ3n) is 6.27. The molecule has 0 bridgehead atoms. The highest BCUT2D eigenvalue weighted by molar-refractivity contribution is 5.89. The Hall–Kier alpha value is -2.66. The Morgan fingerprint density at radius 1 is 1.07 bits per heavy atom. The molecular weight excluding hydrogens is 379 g/mol. The molecule has 0 amide bonds. The maximum Gasteiger partial charge on any atom is 0.337 e. The molecule has 4 nitrogen and oxygen atoms in total. The van der Waals surface area contributed by atoms with Crippen LogP contribution in [0.15, 0.2) is 48.5 Å². The lowest BCUT2D eigenvalue weighted by atomic mass is 10.0. The summed E-state index contributed by atoms with van der Waals surface area (Å²) in [5.41, 5.74) is 5.57. The van der Waals surface area contributed by atoms with Crippen LogP contribution in [0.4, 0.5) is 4.39 Å². The molecule has 0 unspecified atom stereocenters. The van der Waals surface area contributed by atoms with Crippen LogP contribution in [0.25, 0.3) is 10.9 Å². The minimum Gasteiger partial charge on any atom is -0.465 e. The molecular formula is C25H29FN2O2. The maximum absolute atomic E-state index is 13.4. The maximum atomic E-state index is 13.4. The number of carbonyl (C=O) groups is 1. The minimum absolute atomic E-state index is 0.314. The molecule has 0 saturated carbocycles. The predicted octanol–water partition coefficient (Wildman–Crippen LogP) is 4.76. The molecule has 0 atom stereocenters. The van der Waals surface area contributed by atoms with Crippen molar-refractivity contribution in [3.8, 4) is 0 Å². The van der Waals surface area contributed by atoms with E-state index in [-0.39, 0.29) is 5.97 Å². The second kappa shape index (κ2) is 9.00. The highest BCUT2D eigenvalue weighted by Gasteiger charge is 2.19. The van der Waals surface area contributed by atoms with Crippen molar-refractivity contribution in [3.05, 3.63) is 70.9 Å². The quantitative estimate of drug-likeness (QED) is 0.552. The number of carbonyl (C=O) groups excluding carboxylic acids is 1. The monoisotopic (exact) mass is 408 g/mol. The van der Waals surface area contributed by atoms with E-state index in [1.54, 1.807) is 0 Å². The summed E-state index contributed by atoms with van der Waals surface area (Å²) >= 11 is 0. The molecule has 2 aromatic carbocycles. The molecule has 5 heteroatoms. The first kappa shape index (κ1) is 20.6. The Morgan fingerprint density at radius 2 is 1.77 bits per heavy atom. The molecule has 30 heavy (non-hydrogen) atoms. The van der Waals surface area contributed by atoms with E-state index in [1.165, 1.54) is 34.8 Å². The number of hydrogen-bond donors (Lipinski definition) is 0. The first-order valence-electron chi connectivity index (χ1n) is 10.7. The van der Waals surface area contributed by atoms with E-state index in [0.29, 0.717) is 18.4 Å². The van der Waals surface area contributed by atoms with Gasteiger partial charge in [-0.05, 0) is 55.5 Å². The highest BCUT2D eigenvalue weighted by Crippen LogP contribution is 2.28. The van der Waals surface area contributed by atoms with Gasteiger partial charge in [-0.3, -0.25) is 0 Å². The third kappa shape index (κ3) is 4.26. The first-order chi connectivity index (χ1) is 14.6. The topological polar surface area (TPSA) is 34.5 Å². The zero-order valence-electron chi connectivity index (χ0n) is 17.7. The number of likely N-dealkylation sites (tertiary alicyclic amines) is 1. The number of fused-ring (bicyclic) bond motifs is 1. The molecule has 3 aromatic rings. The fourth-order valence-corrected chi connectivity index (χ4v) is 4.46. The largest absolute Gasteiger partial charge is 0.465 e. The fraction of sp³-hybridized carbons (Fsp3) is 0.400. The number of piperidine rings is 1. The van der Waals surface area contributed by atoms with E-state index in [9.17, 15) is 9.18 Å². The van der Waals surface area contributed by atoms with Crippen LogP contribution in [0.2, 0.25) is 0 Å². The molecule has 0 radical (unpaired) electrons. The van der Waals surface area contributed by atoms with Crippen molar-refractivity contribution in [2.24, 2.45) is 0 Å². The lowest BCUT2D eigenvalue weighted by molar-refractivity contribution is 0.0600. The number of para-hydroxylation sites is 1. The van der Waals surface area contributed by atoms with Gasteiger partial charge in [-0.1, -0.05) is 30.3 Å². The molecule has 1 aliphatic rings. The van der Waals surface area contributed by atoms with Gasteiger partial charge in [0.1, 0.15) is 6.17 Å². The van der Waals surface area contributed by atoms with Crippen LogP contribution < -0.4 is 0 Å². The zero-order chi connectivity index (χ0) is 21.1. The number of ether oxygens (including phenoxy) is 1. The third-order valence-corrected chi connectivity index (χ3v) is 6.27. The molecule has 1 saturated heterocycles. The van der Waals surface area contributed by atoms with Crippen LogP contribution in [-0.4, -0.2) is 48.4 Å². The van der Waals surface area contributed by atoms with Gasteiger partial charge in [0.2, 0.25) is 0 Å². The van der Waals surface area contributed by atoms with E-state index >= 15 is 0 Å². The van der Waals surface area contributed by atoms with Gasteiger partial charge >= 0.3 is 5.97 Å². The standard InChI is InChI=1S/C25H29FN2O2/c1-18-23(17-19-7-9-20(10-8-19)25(29)30-2)22-5-3-4-6-24(22)28(18)16-15-27-13-11-21(26)12-14-27/h3-10,21H,11-17H2,1-2H3. The molecule has 0 aliphatic carbocycles. The number of alkyl halides is 1. The Balaban J connectivity index is 1.56. The number of nitrogens with zero attached hydrogens (tertiary/aromatic N) is 2. The van der Waals surface area contributed by atoms with Crippen molar-refractivity contribution < 1.29 is 13.9 Å². The number of benzene rings is 2. The molecule has 2 heterocycles. The first-order valence-corrected chi connectivity index (χ1v) is 10.7. The fourth-order valence-electron chi connectivity index (χ4n) is 4.46. The number of rotatable bonds is 6. The lowest BCUT2D eigenvalue weighted by Crippen LogP contribution is -2.36. The molecule has 0 N–H and O–H groups in total. The van der Waals surface area contributed by atoms with Gasteiger partial charge in [0.25, 0.3) is 0 Å². The smallest absolute Gasteiger partial charge is 0.337 e. The number of halogens is 1. The summed E-state index contributed by atoms with van der Waals surface area (Å²) < 4.78 is 20.6. The van der Waals surface area contributed by atoms with Crippen molar-refractivity contribution in [2.75, 3.05) is 26.7 Å². The Kier molecular flexibility index (Phi) is 6.18. The summed E-state index contributed by atoms with van der Waals surface area (Å²) in [5, 5.41) is 1.27. The van der Waals surface area contributed by atoms with E-state index in [4.69, 9.17) is 4.74 Å². The number of methoxy groups -OCH3 is 1. The van der Waals surface area contributed by atoms with Crippen molar-refractivity contribution in [1.82, 2.24) is 9.47 Å². The minimum atomic E-state index is -0.632. The van der Waals surface area contributed by atoms with Gasteiger partial charge in [-0.2, -0.15) is 0 Å². The summed E-state index contributed by atoms with van der Waals surface area (Å²) in [6, 6.07) is 16.2. The van der Waals surface area contributed by atoms with Gasteiger partial charge in [0.15, 0.2) is 0 Å². The van der Waals surface area contributed by atoms with Gasteiger partial charge < -0.3 is 14.2 Å². The molecule has 158 valence electrons. The van der Waals surface area contributed by atoms with Gasteiger partial charge in [0, 0.05) is 42.8 Å². The second-order valence-corrected chi connectivity index (χ2v) is 8.11. The van der Waals surface area contributed by atoms with Crippen LogP contribution in [0.3, 0.4) is 0 Å². The van der Waals surface area contributed by atoms with Crippen molar-refractivity contribution in [3.63, 3.8) is 0 Å². The summed E-state index contributed by atoms with van der Waals surface area (Å²) in [5.74, 6) is -0.314. The van der Waals surface area contributed by atoms with Crippen LogP contribution in [-0.2, 0) is 17.7 Å². The number of hydrogen-bond acceptors (Lipinski definition) is 3. The average Bonchev–Trinajstić information content (AvgIpc) is 3.04. The zero-order valence-corrected chi connectivity index (χ0v) is 17.7. The van der Waals surface area contributed by atoms with E-state index in [0.717, 1.165) is 32.6 Å². The number of esters is 1. The Labute approximate surface area is 177 Å². The highest BCUT2D eigenvalue weighted by atomic mass is 19.1.